The van der Waals surface area contributed by atoms with Crippen molar-refractivity contribution in [2.75, 3.05) is 33.4 Å². The molecule has 9 nitrogen and oxygen atoms in total. The number of aliphatic hydroxyl groups is 1. The molecule has 10 heteroatoms. The van der Waals surface area contributed by atoms with E-state index in [1.807, 2.05) is 50.1 Å². The van der Waals surface area contributed by atoms with Crippen LogP contribution in [0.2, 0.25) is 0 Å². The quantitative estimate of drug-likeness (QED) is 0.104. The molecule has 0 saturated carbocycles. The van der Waals surface area contributed by atoms with Crippen molar-refractivity contribution in [2.45, 2.75) is 36.3 Å². The molecule has 1 aromatic carbocycles. The van der Waals surface area contributed by atoms with Crippen molar-refractivity contribution in [1.29, 1.82) is 0 Å². The van der Waals surface area contributed by atoms with E-state index in [4.69, 9.17) is 4.74 Å². The summed E-state index contributed by atoms with van der Waals surface area (Å²) in [7, 11) is 1.86. The van der Waals surface area contributed by atoms with Crippen LogP contribution in [0.15, 0.2) is 24.3 Å². The lowest BCUT2D eigenvalue weighted by atomic mass is 10.2. The Balaban J connectivity index is 2.34. The highest BCUT2D eigenvalue weighted by atomic mass is 127. The highest BCUT2D eigenvalue weighted by molar-refractivity contribution is 14.1. The monoisotopic (exact) mass is 509 g/mol. The second kappa shape index (κ2) is 12.0. The van der Waals surface area contributed by atoms with Gasteiger partial charge in [-0.2, -0.15) is 0 Å². The molecule has 0 fully saturated rings. The first kappa shape index (κ1) is 24.4. The smallest absolute Gasteiger partial charge is 0.294 e. The lowest BCUT2D eigenvalue weighted by Gasteiger charge is -2.35. The molecule has 0 bridgehead atoms. The molecule has 1 amide bonds. The number of hydrogen-bond acceptors (Lipinski definition) is 7. The van der Waals surface area contributed by atoms with Gasteiger partial charge in [-0.1, -0.05) is 40.8 Å². The van der Waals surface area contributed by atoms with Crippen LogP contribution in [0.4, 0.5) is 0 Å². The number of nitrogens with zero attached hydrogens (tertiary/aromatic N) is 2. The van der Waals surface area contributed by atoms with Crippen LogP contribution in [0.25, 0.3) is 0 Å². The maximum Gasteiger partial charge on any atom is 0.294 e. The molecule has 158 valence electrons. The van der Waals surface area contributed by atoms with Crippen molar-refractivity contribution in [3.05, 3.63) is 39.9 Å². The van der Waals surface area contributed by atoms with Crippen molar-refractivity contribution in [1.82, 2.24) is 10.2 Å². The van der Waals surface area contributed by atoms with Crippen LogP contribution in [-0.4, -0.2) is 64.0 Å². The normalized spacial score (nSPS) is 14.2. The van der Waals surface area contributed by atoms with Gasteiger partial charge in [0.05, 0.1) is 10.2 Å². The highest BCUT2D eigenvalue weighted by Gasteiger charge is 2.28. The van der Waals surface area contributed by atoms with Crippen LogP contribution < -0.4 is 10.1 Å². The molecule has 0 saturated heterocycles. The molecular formula is C18H28IN3O6. The molecule has 0 aliphatic carbocycles. The van der Waals surface area contributed by atoms with E-state index in [0.717, 1.165) is 11.3 Å². The first-order chi connectivity index (χ1) is 13.1. The Morgan fingerprint density at radius 2 is 2.14 bits per heavy atom. The Kier molecular flexibility index (Phi) is 10.5. The number of hydrogen-bond donors (Lipinski definition) is 2. The van der Waals surface area contributed by atoms with Gasteiger partial charge >= 0.3 is 0 Å². The summed E-state index contributed by atoms with van der Waals surface area (Å²) in [5, 5.41) is 22.3. The average molecular weight is 509 g/mol. The van der Waals surface area contributed by atoms with Crippen molar-refractivity contribution in [2.24, 2.45) is 0 Å². The second-order valence-electron chi connectivity index (χ2n) is 6.69. The number of ether oxygens (including phenoxy) is 1. The maximum atomic E-state index is 11.8. The van der Waals surface area contributed by atoms with E-state index in [-0.39, 0.29) is 32.0 Å². The fourth-order valence-electron chi connectivity index (χ4n) is 2.32. The van der Waals surface area contributed by atoms with Gasteiger partial charge < -0.3 is 20.0 Å². The van der Waals surface area contributed by atoms with E-state index in [0.29, 0.717) is 13.1 Å². The zero-order chi connectivity index (χ0) is 21.2. The second-order valence-corrected chi connectivity index (χ2v) is 9.01. The SMILES string of the molecule is Cc1ccccc1OCC(O)CN(C)C(C)(I)CNC(=O)CCCO[N+](=O)[O-]. The summed E-state index contributed by atoms with van der Waals surface area (Å²) in [6.07, 6.45) is -0.263. The molecule has 0 aliphatic rings. The standard InChI is InChI=1S/C18H28IN3O6/c1-14-7-4-5-8-16(14)27-12-15(23)11-21(3)18(2,19)13-20-17(24)9-6-10-28-22(25)26/h4-5,7-8,15,23H,6,9-13H2,1-3H3,(H,20,24). The van der Waals surface area contributed by atoms with E-state index >= 15 is 0 Å². The Morgan fingerprint density at radius 3 is 2.79 bits per heavy atom. The predicted molar refractivity (Wildman–Crippen MR) is 113 cm³/mol. The lowest BCUT2D eigenvalue weighted by Crippen LogP contribution is -2.50. The van der Waals surface area contributed by atoms with Gasteiger partial charge in [0.25, 0.3) is 5.09 Å². The Hall–Kier alpha value is -1.66. The first-order valence-electron chi connectivity index (χ1n) is 8.92. The van der Waals surface area contributed by atoms with E-state index in [9.17, 15) is 20.0 Å². The van der Waals surface area contributed by atoms with Crippen molar-refractivity contribution < 1.29 is 24.6 Å². The number of halogens is 1. The van der Waals surface area contributed by atoms with Crippen LogP contribution in [0.3, 0.4) is 0 Å². The van der Waals surface area contributed by atoms with Crippen LogP contribution in [0.5, 0.6) is 5.75 Å². The summed E-state index contributed by atoms with van der Waals surface area (Å²) >= 11 is 2.21. The summed E-state index contributed by atoms with van der Waals surface area (Å²) in [5.74, 6) is 0.543. The fourth-order valence-corrected chi connectivity index (χ4v) is 2.71. The van der Waals surface area contributed by atoms with Gasteiger partial charge in [-0.15, -0.1) is 10.1 Å². The molecule has 28 heavy (non-hydrogen) atoms. The maximum absolute atomic E-state index is 11.8. The van der Waals surface area contributed by atoms with Crippen LogP contribution in [-0.2, 0) is 9.63 Å². The highest BCUT2D eigenvalue weighted by Crippen LogP contribution is 2.22. The summed E-state index contributed by atoms with van der Waals surface area (Å²) in [6, 6.07) is 7.62. The third kappa shape index (κ3) is 9.51. The minimum Gasteiger partial charge on any atom is -0.491 e. The molecule has 1 rings (SSSR count). The van der Waals surface area contributed by atoms with Crippen LogP contribution >= 0.6 is 22.6 Å². The molecule has 0 heterocycles. The number of aliphatic hydroxyl groups excluding tert-OH is 1. The fraction of sp³-hybridized carbons (Fsp3) is 0.611. The molecule has 2 atom stereocenters. The van der Waals surface area contributed by atoms with Gasteiger partial charge in [0, 0.05) is 19.5 Å². The summed E-state index contributed by atoms with van der Waals surface area (Å²) in [5.41, 5.74) is 1.01. The molecular weight excluding hydrogens is 481 g/mol. The van der Waals surface area contributed by atoms with Gasteiger partial charge in [0.1, 0.15) is 18.5 Å². The van der Waals surface area contributed by atoms with Gasteiger partial charge in [0.15, 0.2) is 0 Å². The minimum atomic E-state index is -0.872. The number of likely N-dealkylation sites (N-methyl/N-ethyl adjacent to an activating group) is 1. The molecule has 1 aromatic rings. The zero-order valence-corrected chi connectivity index (χ0v) is 18.5. The Bertz CT molecular complexity index is 644. The van der Waals surface area contributed by atoms with Crippen LogP contribution in [0, 0.1) is 17.0 Å². The van der Waals surface area contributed by atoms with Crippen molar-refractivity contribution >= 4 is 28.5 Å². The van der Waals surface area contributed by atoms with Gasteiger partial charge in [-0.3, -0.25) is 9.69 Å². The number of alkyl halides is 1. The summed E-state index contributed by atoms with van der Waals surface area (Å²) in [6.45, 7) is 4.70. The van der Waals surface area contributed by atoms with E-state index < -0.39 is 14.7 Å². The summed E-state index contributed by atoms with van der Waals surface area (Å²) in [4.78, 5) is 28.0. The predicted octanol–water partition coefficient (Wildman–Crippen LogP) is 1.92. The number of carbonyl (C=O) groups is 1. The lowest BCUT2D eigenvalue weighted by molar-refractivity contribution is -0.757. The van der Waals surface area contributed by atoms with Crippen LogP contribution in [0.1, 0.15) is 25.3 Å². The molecule has 2 N–H and O–H groups in total. The van der Waals surface area contributed by atoms with E-state index in [2.05, 4.69) is 32.7 Å². The molecule has 0 spiro atoms. The zero-order valence-electron chi connectivity index (χ0n) is 16.4. The minimum absolute atomic E-state index is 0.102. The number of benzene rings is 1. The topological polar surface area (TPSA) is 114 Å². The van der Waals surface area contributed by atoms with Gasteiger partial charge in [-0.25, -0.2) is 0 Å². The first-order valence-corrected chi connectivity index (χ1v) is 10.0. The van der Waals surface area contributed by atoms with E-state index in [1.54, 1.807) is 0 Å². The molecule has 0 radical (unpaired) electrons. The average Bonchev–Trinajstić information content (AvgIpc) is 2.62. The van der Waals surface area contributed by atoms with Crippen molar-refractivity contribution in [3.8, 4) is 5.75 Å². The number of nitrogens with one attached hydrogen (secondary N) is 1. The Labute approximate surface area is 178 Å². The van der Waals surface area contributed by atoms with E-state index in [1.165, 1.54) is 0 Å². The number of aryl methyl sites for hydroxylation is 1. The number of para-hydroxylation sites is 1. The molecule has 2 unspecified atom stereocenters. The van der Waals surface area contributed by atoms with Gasteiger partial charge in [-0.05, 0) is 38.9 Å². The third-order valence-corrected chi connectivity index (χ3v) is 5.36. The largest absolute Gasteiger partial charge is 0.491 e. The van der Waals surface area contributed by atoms with Gasteiger partial charge in [0.2, 0.25) is 5.91 Å². The van der Waals surface area contributed by atoms with Crippen molar-refractivity contribution in [3.63, 3.8) is 0 Å². The third-order valence-electron chi connectivity index (χ3n) is 4.16. The summed E-state index contributed by atoms with van der Waals surface area (Å²) < 4.78 is 5.25. The molecule has 0 aliphatic heterocycles. The number of rotatable bonds is 13. The number of amides is 1. The molecule has 0 aromatic heterocycles. The number of carbonyl (C=O) groups excluding carboxylic acids is 1. The Morgan fingerprint density at radius 1 is 1.46 bits per heavy atom.